The molecule has 1 aliphatic heterocycles. The molecule has 0 aliphatic carbocycles. The molecule has 134 valence electrons. The van der Waals surface area contributed by atoms with Crippen molar-refractivity contribution in [2.24, 2.45) is 0 Å². The topological polar surface area (TPSA) is 67.4 Å². The number of hydrogen-bond donors (Lipinski definition) is 2. The summed E-state index contributed by atoms with van der Waals surface area (Å²) in [5.41, 5.74) is 1.71. The third-order valence-electron chi connectivity index (χ3n) is 3.62. The molecule has 0 unspecified atom stereocenters. The summed E-state index contributed by atoms with van der Waals surface area (Å²) in [5, 5.41) is 7.16. The minimum absolute atomic E-state index is 0.271. The highest BCUT2D eigenvalue weighted by Crippen LogP contribution is 2.18. The Kier molecular flexibility index (Phi) is 5.91. The zero-order valence-electron chi connectivity index (χ0n) is 13.8. The summed E-state index contributed by atoms with van der Waals surface area (Å²) in [6.45, 7) is 0.781. The van der Waals surface area contributed by atoms with Crippen LogP contribution in [0.3, 0.4) is 0 Å². The Hall–Kier alpha value is -2.80. The van der Waals surface area contributed by atoms with Gasteiger partial charge in [-0.3, -0.25) is 9.59 Å². The summed E-state index contributed by atoms with van der Waals surface area (Å²) in [5.74, 6) is 0.141. The summed E-state index contributed by atoms with van der Waals surface area (Å²) >= 11 is 1.52. The Morgan fingerprint density at radius 2 is 1.92 bits per heavy atom. The van der Waals surface area contributed by atoms with E-state index in [0.717, 1.165) is 11.3 Å². The Balaban J connectivity index is 1.60. The molecule has 0 saturated heterocycles. The van der Waals surface area contributed by atoms with Gasteiger partial charge in [0.25, 0.3) is 11.8 Å². The van der Waals surface area contributed by atoms with Gasteiger partial charge in [-0.1, -0.05) is 18.2 Å². The zero-order chi connectivity index (χ0) is 18.4. The Morgan fingerprint density at radius 3 is 2.65 bits per heavy atom. The second-order valence-corrected chi connectivity index (χ2v) is 6.52. The van der Waals surface area contributed by atoms with Gasteiger partial charge in [0.1, 0.15) is 5.82 Å². The van der Waals surface area contributed by atoms with E-state index < -0.39 is 0 Å². The van der Waals surface area contributed by atoms with Gasteiger partial charge in [0, 0.05) is 29.0 Å². The number of rotatable bonds is 5. The largest absolute Gasteiger partial charge is 0.487 e. The molecule has 1 aliphatic rings. The van der Waals surface area contributed by atoms with Crippen LogP contribution >= 0.6 is 11.8 Å². The quantitative estimate of drug-likeness (QED) is 0.845. The highest BCUT2D eigenvalue weighted by molar-refractivity contribution is 8.02. The predicted octanol–water partition coefficient (Wildman–Crippen LogP) is 3.30. The number of anilines is 1. The van der Waals surface area contributed by atoms with Gasteiger partial charge in [-0.05, 0) is 35.9 Å². The van der Waals surface area contributed by atoms with Crippen molar-refractivity contribution in [3.8, 4) is 0 Å². The lowest BCUT2D eigenvalue weighted by atomic mass is 10.1. The molecule has 1 heterocycles. The Bertz CT molecular complexity index is 837. The van der Waals surface area contributed by atoms with Crippen LogP contribution in [-0.2, 0) is 16.1 Å². The first-order valence-corrected chi connectivity index (χ1v) is 9.05. The number of halogens is 1. The van der Waals surface area contributed by atoms with Crippen molar-refractivity contribution in [2.45, 2.75) is 6.54 Å². The summed E-state index contributed by atoms with van der Waals surface area (Å²) in [6.07, 6.45) is 0. The SMILES string of the molecule is O=C(Nc1cccc(C(=O)NCc2ccc(F)cc2)c1)C1=CSCCO1. The van der Waals surface area contributed by atoms with Gasteiger partial charge in [0.15, 0.2) is 5.76 Å². The minimum Gasteiger partial charge on any atom is -0.487 e. The molecule has 2 amide bonds. The van der Waals surface area contributed by atoms with Crippen LogP contribution in [-0.4, -0.2) is 24.2 Å². The molecule has 0 radical (unpaired) electrons. The van der Waals surface area contributed by atoms with Crippen molar-refractivity contribution in [2.75, 3.05) is 17.7 Å². The molecule has 0 saturated carbocycles. The lowest BCUT2D eigenvalue weighted by molar-refractivity contribution is -0.116. The second kappa shape index (κ2) is 8.53. The molecule has 2 aromatic rings. The second-order valence-electron chi connectivity index (χ2n) is 5.55. The number of nitrogens with one attached hydrogen (secondary N) is 2. The van der Waals surface area contributed by atoms with Gasteiger partial charge in [-0.25, -0.2) is 4.39 Å². The number of ether oxygens (including phenoxy) is 1. The van der Waals surface area contributed by atoms with Gasteiger partial charge < -0.3 is 15.4 Å². The van der Waals surface area contributed by atoms with Crippen LogP contribution in [0.15, 0.2) is 59.7 Å². The van der Waals surface area contributed by atoms with Crippen molar-refractivity contribution >= 4 is 29.3 Å². The van der Waals surface area contributed by atoms with E-state index in [-0.39, 0.29) is 29.9 Å². The van der Waals surface area contributed by atoms with Gasteiger partial charge in [-0.15, -0.1) is 11.8 Å². The molecule has 0 atom stereocenters. The number of hydrogen-bond acceptors (Lipinski definition) is 4. The van der Waals surface area contributed by atoms with E-state index in [1.54, 1.807) is 41.8 Å². The van der Waals surface area contributed by atoms with E-state index >= 15 is 0 Å². The molecule has 2 aromatic carbocycles. The van der Waals surface area contributed by atoms with Crippen LogP contribution in [0.2, 0.25) is 0 Å². The monoisotopic (exact) mass is 372 g/mol. The first-order chi connectivity index (χ1) is 12.6. The molecule has 3 rings (SSSR count). The van der Waals surface area contributed by atoms with Crippen molar-refractivity contribution in [3.63, 3.8) is 0 Å². The number of benzene rings is 2. The summed E-state index contributed by atoms with van der Waals surface area (Å²) in [4.78, 5) is 24.4. The van der Waals surface area contributed by atoms with Gasteiger partial charge in [0.2, 0.25) is 0 Å². The molecule has 0 aromatic heterocycles. The number of carbonyl (C=O) groups is 2. The van der Waals surface area contributed by atoms with Crippen molar-refractivity contribution in [3.05, 3.63) is 76.6 Å². The Labute approximate surface area is 154 Å². The molecule has 26 heavy (non-hydrogen) atoms. The minimum atomic E-state index is -0.346. The lowest BCUT2D eigenvalue weighted by Crippen LogP contribution is -2.23. The van der Waals surface area contributed by atoms with Crippen molar-refractivity contribution < 1.29 is 18.7 Å². The van der Waals surface area contributed by atoms with Gasteiger partial charge in [-0.2, -0.15) is 0 Å². The molecule has 0 spiro atoms. The first-order valence-electron chi connectivity index (χ1n) is 8.00. The molecule has 0 bridgehead atoms. The van der Waals surface area contributed by atoms with Crippen molar-refractivity contribution in [1.29, 1.82) is 0 Å². The van der Waals surface area contributed by atoms with E-state index in [4.69, 9.17) is 4.74 Å². The fraction of sp³-hybridized carbons (Fsp3) is 0.158. The average molecular weight is 372 g/mol. The van der Waals surface area contributed by atoms with E-state index in [2.05, 4.69) is 10.6 Å². The molecular formula is C19H17FN2O3S. The maximum Gasteiger partial charge on any atom is 0.291 e. The van der Waals surface area contributed by atoms with Crippen LogP contribution in [0.5, 0.6) is 0 Å². The molecule has 7 heteroatoms. The van der Waals surface area contributed by atoms with Crippen LogP contribution in [0.1, 0.15) is 15.9 Å². The highest BCUT2D eigenvalue weighted by Gasteiger charge is 2.15. The maximum atomic E-state index is 12.9. The van der Waals surface area contributed by atoms with Gasteiger partial charge >= 0.3 is 0 Å². The zero-order valence-corrected chi connectivity index (χ0v) is 14.6. The third kappa shape index (κ3) is 4.86. The van der Waals surface area contributed by atoms with E-state index in [9.17, 15) is 14.0 Å². The van der Waals surface area contributed by atoms with E-state index in [0.29, 0.717) is 17.9 Å². The number of thioether (sulfide) groups is 1. The average Bonchev–Trinajstić information content (AvgIpc) is 2.68. The molecule has 5 nitrogen and oxygen atoms in total. The normalized spacial score (nSPS) is 13.3. The smallest absolute Gasteiger partial charge is 0.291 e. The number of amides is 2. The fourth-order valence-corrected chi connectivity index (χ4v) is 2.93. The third-order valence-corrected chi connectivity index (χ3v) is 4.40. The summed E-state index contributed by atoms with van der Waals surface area (Å²) < 4.78 is 18.2. The molecule has 2 N–H and O–H groups in total. The predicted molar refractivity (Wildman–Crippen MR) is 99.1 cm³/mol. The van der Waals surface area contributed by atoms with Crippen LogP contribution in [0.4, 0.5) is 10.1 Å². The van der Waals surface area contributed by atoms with E-state index in [1.807, 2.05) is 0 Å². The fourth-order valence-electron chi connectivity index (χ4n) is 2.30. The van der Waals surface area contributed by atoms with Crippen LogP contribution in [0.25, 0.3) is 0 Å². The molecule has 0 fully saturated rings. The summed E-state index contributed by atoms with van der Waals surface area (Å²) in [6, 6.07) is 12.6. The molecular weight excluding hydrogens is 355 g/mol. The highest BCUT2D eigenvalue weighted by atomic mass is 32.2. The standard InChI is InChI=1S/C19H17FN2O3S/c20-15-6-4-13(5-7-15)11-21-18(23)14-2-1-3-16(10-14)22-19(24)17-12-26-9-8-25-17/h1-7,10,12H,8-9,11H2,(H,21,23)(H,22,24). The van der Waals surface area contributed by atoms with Gasteiger partial charge in [0.05, 0.1) is 6.61 Å². The van der Waals surface area contributed by atoms with Crippen LogP contribution in [0, 0.1) is 5.82 Å². The number of carbonyl (C=O) groups excluding carboxylic acids is 2. The maximum absolute atomic E-state index is 12.9. The summed E-state index contributed by atoms with van der Waals surface area (Å²) in [7, 11) is 0. The van der Waals surface area contributed by atoms with Crippen molar-refractivity contribution in [1.82, 2.24) is 5.32 Å². The Morgan fingerprint density at radius 1 is 1.12 bits per heavy atom. The lowest BCUT2D eigenvalue weighted by Gasteiger charge is -2.14. The first kappa shape index (κ1) is 18.0. The van der Waals surface area contributed by atoms with E-state index in [1.165, 1.54) is 23.9 Å². The van der Waals surface area contributed by atoms with Crippen LogP contribution < -0.4 is 10.6 Å².